The molecule has 228 valence electrons. The average molecular weight is 597 g/mol. The van der Waals surface area contributed by atoms with Gasteiger partial charge in [-0.05, 0) is 37.0 Å². The third kappa shape index (κ3) is 4.31. The minimum Gasteiger partial charge on any atom is -0.492 e. The van der Waals surface area contributed by atoms with E-state index in [2.05, 4.69) is 36.1 Å². The summed E-state index contributed by atoms with van der Waals surface area (Å²) in [6, 6.07) is 2.57. The maximum atomic E-state index is 15.1. The third-order valence-corrected chi connectivity index (χ3v) is 8.65. The van der Waals surface area contributed by atoms with Gasteiger partial charge in [-0.1, -0.05) is 19.9 Å². The molecule has 4 aliphatic heterocycles. The summed E-state index contributed by atoms with van der Waals surface area (Å²) in [6.45, 7) is 5.62. The van der Waals surface area contributed by atoms with Crippen molar-refractivity contribution >= 4 is 23.7 Å². The number of hydrogen-bond acceptors (Lipinski definition) is 13. The van der Waals surface area contributed by atoms with Crippen molar-refractivity contribution in [2.75, 3.05) is 19.7 Å². The van der Waals surface area contributed by atoms with Crippen LogP contribution in [0.25, 0.3) is 0 Å². The number of hydrogen-bond donors (Lipinski definition) is 7. The van der Waals surface area contributed by atoms with Crippen LogP contribution in [0.2, 0.25) is 0 Å². The fraction of sp³-hybridized carbons (Fsp3) is 0.481. The predicted molar refractivity (Wildman–Crippen MR) is 150 cm³/mol. The number of amides is 2. The van der Waals surface area contributed by atoms with E-state index in [1.807, 2.05) is 13.8 Å². The molecule has 0 bridgehead atoms. The van der Waals surface area contributed by atoms with Crippen molar-refractivity contribution < 1.29 is 28.9 Å². The first-order valence-electron chi connectivity index (χ1n) is 13.8. The molecule has 9 N–H and O–H groups in total. The lowest BCUT2D eigenvalue weighted by atomic mass is 9.79. The van der Waals surface area contributed by atoms with Crippen LogP contribution in [-0.4, -0.2) is 98.3 Å². The molecule has 5 heterocycles. The monoisotopic (exact) mass is 596 g/mol. The maximum absolute atomic E-state index is 15.1. The molecule has 2 unspecified atom stereocenters. The number of halogens is 1. The van der Waals surface area contributed by atoms with Crippen LogP contribution in [-0.2, 0) is 5.41 Å². The number of aryl methyl sites for hydroxylation is 1. The molecule has 1 spiro atoms. The molecule has 43 heavy (non-hydrogen) atoms. The van der Waals surface area contributed by atoms with Gasteiger partial charge in [-0.25, -0.2) is 14.4 Å². The Morgan fingerprint density at radius 2 is 1.93 bits per heavy atom. The van der Waals surface area contributed by atoms with E-state index in [9.17, 15) is 19.8 Å². The van der Waals surface area contributed by atoms with Crippen LogP contribution in [0.4, 0.5) is 4.39 Å². The van der Waals surface area contributed by atoms with Crippen molar-refractivity contribution in [3.05, 3.63) is 52.6 Å². The number of aliphatic imine (C=N–C) groups is 2. The Balaban J connectivity index is 1.27. The van der Waals surface area contributed by atoms with Gasteiger partial charge in [0.05, 0.1) is 18.3 Å². The number of aliphatic hydroxyl groups is 2. The summed E-state index contributed by atoms with van der Waals surface area (Å²) in [5.74, 6) is -5.13. The molecule has 4 atom stereocenters. The predicted octanol–water partition coefficient (Wildman–Crippen LogP) is -1.81. The summed E-state index contributed by atoms with van der Waals surface area (Å²) in [6.07, 6.45) is 0.677. The van der Waals surface area contributed by atoms with Crippen LogP contribution < -0.4 is 32.2 Å². The molecule has 2 aromatic rings. The lowest BCUT2D eigenvalue weighted by Gasteiger charge is -2.49. The van der Waals surface area contributed by atoms with Gasteiger partial charge in [-0.2, -0.15) is 5.10 Å². The number of nitrogens with zero attached hydrogens (tertiary/aromatic N) is 5. The van der Waals surface area contributed by atoms with Crippen LogP contribution in [0.1, 0.15) is 52.4 Å². The zero-order valence-corrected chi connectivity index (χ0v) is 23.8. The van der Waals surface area contributed by atoms with Gasteiger partial charge in [0, 0.05) is 18.7 Å². The number of aromatic nitrogens is 2. The van der Waals surface area contributed by atoms with Gasteiger partial charge in [0.25, 0.3) is 11.8 Å². The largest absolute Gasteiger partial charge is 0.492 e. The molecular weight excluding hydrogens is 563 g/mol. The first-order chi connectivity index (χ1) is 20.3. The Labute approximate surface area is 245 Å². The summed E-state index contributed by atoms with van der Waals surface area (Å²) in [5, 5.41) is 39.2. The van der Waals surface area contributed by atoms with Crippen molar-refractivity contribution in [3.8, 4) is 5.75 Å². The van der Waals surface area contributed by atoms with E-state index in [-0.39, 0.29) is 54.0 Å². The lowest BCUT2D eigenvalue weighted by Crippen LogP contribution is -2.78. The third-order valence-electron chi connectivity index (χ3n) is 8.65. The van der Waals surface area contributed by atoms with Gasteiger partial charge in [-0.15, -0.1) is 5.10 Å². The Hall–Kier alpha value is -4.57. The highest BCUT2D eigenvalue weighted by Gasteiger charge is 2.73. The zero-order valence-electron chi connectivity index (χ0n) is 23.8. The Morgan fingerprint density at radius 3 is 2.65 bits per heavy atom. The number of benzene rings is 1. The second-order valence-electron chi connectivity index (χ2n) is 11.8. The van der Waals surface area contributed by atoms with E-state index in [0.29, 0.717) is 17.7 Å². The number of nitrogens with one attached hydrogen (secondary N) is 3. The number of rotatable bonds is 5. The molecule has 0 aliphatic carbocycles. The smallest absolute Gasteiger partial charge is 0.271 e. The minimum absolute atomic E-state index is 0.0762. The van der Waals surface area contributed by atoms with Crippen LogP contribution in [0.3, 0.4) is 0 Å². The average Bonchev–Trinajstić information content (AvgIpc) is 3.41. The Kier molecular flexibility index (Phi) is 6.46. The van der Waals surface area contributed by atoms with Crippen molar-refractivity contribution in [3.63, 3.8) is 0 Å². The van der Waals surface area contributed by atoms with Crippen LogP contribution >= 0.6 is 0 Å². The second kappa shape index (κ2) is 9.74. The highest BCUT2D eigenvalue weighted by Crippen LogP contribution is 2.45. The van der Waals surface area contributed by atoms with Gasteiger partial charge in [0.1, 0.15) is 29.2 Å². The van der Waals surface area contributed by atoms with Gasteiger partial charge < -0.3 is 47.3 Å². The van der Waals surface area contributed by atoms with Gasteiger partial charge >= 0.3 is 0 Å². The molecule has 4 aliphatic rings. The van der Waals surface area contributed by atoms with Crippen LogP contribution in [0.5, 0.6) is 5.75 Å². The number of fused-ring (bicyclic) bond motifs is 1. The van der Waals surface area contributed by atoms with E-state index in [4.69, 9.17) is 16.2 Å². The summed E-state index contributed by atoms with van der Waals surface area (Å²) >= 11 is 0. The Morgan fingerprint density at radius 1 is 1.16 bits per heavy atom. The highest BCUT2D eigenvalue weighted by molar-refractivity contribution is 5.98. The van der Waals surface area contributed by atoms with Gasteiger partial charge in [0.15, 0.2) is 23.3 Å². The number of ether oxygens (including phenoxy) is 1. The number of guanidine groups is 2. The number of carbonyl (C=O) groups is 2. The molecule has 6 rings (SSSR count). The minimum atomic E-state index is -2.76. The highest BCUT2D eigenvalue weighted by atomic mass is 19.1. The first kappa shape index (κ1) is 28.5. The van der Waals surface area contributed by atoms with Crippen molar-refractivity contribution in [1.82, 2.24) is 31.0 Å². The Bertz CT molecular complexity index is 1560. The quantitative estimate of drug-likeness (QED) is 0.190. The topological polar surface area (TPSA) is 226 Å². The van der Waals surface area contributed by atoms with E-state index in [1.54, 1.807) is 19.1 Å². The molecule has 16 heteroatoms. The van der Waals surface area contributed by atoms with E-state index in [1.165, 1.54) is 17.0 Å². The van der Waals surface area contributed by atoms with Crippen molar-refractivity contribution in [2.24, 2.45) is 21.5 Å². The SMILES string of the molecule is Cc1ccc(C(=O)NC[C@@H]2N=C(N)N3C[C@H](NC(=O)c4c(F)ccc5c4OCCC5(C)C)C(O)(O)C34NC(N)=NC24)nn1. The fourth-order valence-corrected chi connectivity index (χ4v) is 6.29. The van der Waals surface area contributed by atoms with E-state index in [0.717, 1.165) is 0 Å². The zero-order chi connectivity index (χ0) is 30.9. The summed E-state index contributed by atoms with van der Waals surface area (Å²) in [7, 11) is 0. The molecule has 0 saturated carbocycles. The maximum Gasteiger partial charge on any atom is 0.271 e. The lowest BCUT2D eigenvalue weighted by molar-refractivity contribution is -0.230. The standard InChI is InChI=1S/C27H33FN10O5/c1-12-4-7-15(37-36-12)21(39)31-10-16-20-26(35-23(29)34-20)27(41,42)17(11-38(26)24(30)32-16)33-22(40)18-14(28)6-5-13-19(18)43-9-8-25(13,2)3/h4-7,16-17,20,41-42H,8-11H2,1-3H3,(H2,30,32)(H,31,39)(H,33,40)(H3,29,34,35)/t16-,17-,20?,26?/m0/s1. The van der Waals surface area contributed by atoms with E-state index < -0.39 is 47.2 Å². The molecule has 1 saturated heterocycles. The fourth-order valence-electron chi connectivity index (χ4n) is 6.29. The first-order valence-corrected chi connectivity index (χ1v) is 13.8. The molecular formula is C27H33FN10O5. The number of carbonyl (C=O) groups excluding carboxylic acids is 2. The summed E-state index contributed by atoms with van der Waals surface area (Å²) in [5.41, 5.74) is 11.2. The van der Waals surface area contributed by atoms with Gasteiger partial charge in [-0.3, -0.25) is 9.59 Å². The van der Waals surface area contributed by atoms with Crippen molar-refractivity contribution in [2.45, 2.75) is 62.2 Å². The van der Waals surface area contributed by atoms with Gasteiger partial charge in [0.2, 0.25) is 5.79 Å². The molecule has 0 radical (unpaired) electrons. The van der Waals surface area contributed by atoms with Crippen molar-refractivity contribution in [1.29, 1.82) is 0 Å². The van der Waals surface area contributed by atoms with Crippen LogP contribution in [0.15, 0.2) is 34.3 Å². The molecule has 1 aromatic heterocycles. The van der Waals surface area contributed by atoms with Crippen LogP contribution in [0, 0.1) is 12.7 Å². The normalized spacial score (nSPS) is 27.9. The molecule has 15 nitrogen and oxygen atoms in total. The van der Waals surface area contributed by atoms with E-state index >= 15 is 4.39 Å². The molecule has 1 fully saturated rings. The summed E-state index contributed by atoms with van der Waals surface area (Å²) < 4.78 is 20.8. The summed E-state index contributed by atoms with van der Waals surface area (Å²) in [4.78, 5) is 36.4. The second-order valence-corrected chi connectivity index (χ2v) is 11.8. The number of nitrogens with two attached hydrogens (primary N) is 2. The molecule has 2 amide bonds. The molecule has 1 aromatic carbocycles.